The summed E-state index contributed by atoms with van der Waals surface area (Å²) >= 11 is 0. The zero-order valence-corrected chi connectivity index (χ0v) is 17.4. The van der Waals surface area contributed by atoms with Gasteiger partial charge in [-0.15, -0.1) is 0 Å². The van der Waals surface area contributed by atoms with E-state index in [0.717, 1.165) is 12.8 Å². The van der Waals surface area contributed by atoms with Crippen LogP contribution in [0.1, 0.15) is 58.3 Å². The molecule has 0 radical (unpaired) electrons. The Morgan fingerprint density at radius 1 is 0.621 bits per heavy atom. The van der Waals surface area contributed by atoms with E-state index in [1.165, 1.54) is 45.6 Å². The molecule has 0 N–H and O–H groups in total. The maximum Gasteiger partial charge on any atom is 0.172 e. The minimum Gasteiger partial charge on any atom is -0.494 e. The van der Waals surface area contributed by atoms with Gasteiger partial charge in [0, 0.05) is 10.8 Å². The minimum atomic E-state index is -0.428. The topological polar surface area (TPSA) is 18.5 Å². The van der Waals surface area contributed by atoms with Crippen LogP contribution in [0.2, 0.25) is 0 Å². The van der Waals surface area contributed by atoms with Crippen molar-refractivity contribution in [3.05, 3.63) is 48.0 Å². The number of unbranched alkanes of at least 4 members (excludes halogenated alkanes) is 7. The first-order valence-electron chi connectivity index (χ1n) is 10.7. The van der Waals surface area contributed by atoms with Crippen molar-refractivity contribution >= 4 is 21.5 Å². The van der Waals surface area contributed by atoms with Crippen molar-refractivity contribution in [1.29, 1.82) is 0 Å². The maximum atomic E-state index is 14.9. The van der Waals surface area contributed by atoms with Gasteiger partial charge in [0.1, 0.15) is 0 Å². The molecule has 0 spiro atoms. The molecule has 0 aliphatic carbocycles. The van der Waals surface area contributed by atoms with Gasteiger partial charge in [0.15, 0.2) is 23.1 Å². The third-order valence-corrected chi connectivity index (χ3v) is 5.47. The van der Waals surface area contributed by atoms with Crippen molar-refractivity contribution in [2.45, 2.75) is 58.3 Å². The monoisotopic (exact) mass is 400 g/mol. The molecule has 4 heteroatoms. The van der Waals surface area contributed by atoms with E-state index in [1.54, 1.807) is 36.4 Å². The van der Waals surface area contributed by atoms with Gasteiger partial charge in [0.05, 0.1) is 13.7 Å². The summed E-state index contributed by atoms with van der Waals surface area (Å²) in [7, 11) is 1.43. The maximum absolute atomic E-state index is 14.9. The first-order chi connectivity index (χ1) is 14.2. The van der Waals surface area contributed by atoms with Crippen LogP contribution in [0.4, 0.5) is 8.78 Å². The number of hydrogen-bond donors (Lipinski definition) is 0. The second-order valence-corrected chi connectivity index (χ2v) is 7.54. The van der Waals surface area contributed by atoms with Crippen molar-refractivity contribution < 1.29 is 18.3 Å². The highest BCUT2D eigenvalue weighted by molar-refractivity contribution is 6.08. The standard InChI is InChI=1S/C25H30F2O2/c1-3-4-5-6-7-8-9-10-17-29-23-16-14-19-18-13-15-22(28-2)24(26)20(18)11-12-21(19)25(23)27/h11-16H,3-10,17H2,1-2H3. The fraction of sp³-hybridized carbons (Fsp3) is 0.440. The van der Waals surface area contributed by atoms with Gasteiger partial charge in [-0.2, -0.15) is 0 Å². The molecule has 29 heavy (non-hydrogen) atoms. The zero-order chi connectivity index (χ0) is 20.6. The molecule has 3 aromatic rings. The Hall–Kier alpha value is -2.36. The molecule has 0 fully saturated rings. The second-order valence-electron chi connectivity index (χ2n) is 7.54. The summed E-state index contributed by atoms with van der Waals surface area (Å²) in [6.45, 7) is 2.73. The number of halogens is 2. The van der Waals surface area contributed by atoms with Crippen LogP contribution in [0.25, 0.3) is 21.5 Å². The van der Waals surface area contributed by atoms with Crippen LogP contribution in [-0.2, 0) is 0 Å². The summed E-state index contributed by atoms with van der Waals surface area (Å²) in [5.41, 5.74) is 0. The van der Waals surface area contributed by atoms with Gasteiger partial charge >= 0.3 is 0 Å². The van der Waals surface area contributed by atoms with E-state index in [4.69, 9.17) is 9.47 Å². The molecule has 0 unspecified atom stereocenters. The normalized spacial score (nSPS) is 11.3. The summed E-state index contributed by atoms with van der Waals surface area (Å²) in [6.07, 6.45) is 9.70. The van der Waals surface area contributed by atoms with E-state index >= 15 is 0 Å². The Morgan fingerprint density at radius 2 is 1.10 bits per heavy atom. The van der Waals surface area contributed by atoms with Crippen molar-refractivity contribution in [2.24, 2.45) is 0 Å². The first-order valence-corrected chi connectivity index (χ1v) is 10.7. The highest BCUT2D eigenvalue weighted by Gasteiger charge is 2.14. The molecular formula is C25H30F2O2. The number of benzene rings is 3. The quantitative estimate of drug-likeness (QED) is 0.241. The summed E-state index contributed by atoms with van der Waals surface area (Å²) in [4.78, 5) is 0. The van der Waals surface area contributed by atoms with Crippen LogP contribution in [0.5, 0.6) is 11.5 Å². The van der Waals surface area contributed by atoms with Crippen LogP contribution in [-0.4, -0.2) is 13.7 Å². The zero-order valence-electron chi connectivity index (χ0n) is 17.4. The summed E-state index contributed by atoms with van der Waals surface area (Å²) in [6, 6.07) is 9.99. The Kier molecular flexibility index (Phi) is 7.68. The molecule has 0 atom stereocenters. The Labute approximate surface area is 171 Å². The van der Waals surface area contributed by atoms with E-state index in [0.29, 0.717) is 28.2 Å². The molecule has 0 saturated carbocycles. The molecule has 0 heterocycles. The van der Waals surface area contributed by atoms with Crippen LogP contribution in [0, 0.1) is 11.6 Å². The van der Waals surface area contributed by atoms with Gasteiger partial charge in [-0.1, -0.05) is 64.0 Å². The van der Waals surface area contributed by atoms with Crippen molar-refractivity contribution in [2.75, 3.05) is 13.7 Å². The summed E-state index contributed by atoms with van der Waals surface area (Å²) < 4.78 is 40.2. The van der Waals surface area contributed by atoms with E-state index in [9.17, 15) is 8.78 Å². The summed E-state index contributed by atoms with van der Waals surface area (Å²) in [5.74, 6) is -0.376. The lowest BCUT2D eigenvalue weighted by Crippen LogP contribution is -2.00. The average Bonchev–Trinajstić information content (AvgIpc) is 2.74. The number of fused-ring (bicyclic) bond motifs is 3. The van der Waals surface area contributed by atoms with Gasteiger partial charge in [-0.25, -0.2) is 8.78 Å². The lowest BCUT2D eigenvalue weighted by molar-refractivity contribution is 0.291. The Balaban J connectivity index is 1.64. The van der Waals surface area contributed by atoms with Crippen molar-refractivity contribution in [3.63, 3.8) is 0 Å². The molecule has 0 saturated heterocycles. The molecule has 0 aromatic heterocycles. The van der Waals surface area contributed by atoms with Gasteiger partial charge in [-0.3, -0.25) is 0 Å². The van der Waals surface area contributed by atoms with E-state index < -0.39 is 5.82 Å². The molecule has 0 amide bonds. The van der Waals surface area contributed by atoms with Crippen LogP contribution in [0.15, 0.2) is 36.4 Å². The molecule has 3 aromatic carbocycles. The predicted octanol–water partition coefficient (Wildman–Crippen LogP) is 7.80. The van der Waals surface area contributed by atoms with Crippen LogP contribution in [0.3, 0.4) is 0 Å². The lowest BCUT2D eigenvalue weighted by Gasteiger charge is -2.12. The van der Waals surface area contributed by atoms with E-state index in [1.807, 2.05) is 0 Å². The van der Waals surface area contributed by atoms with Crippen molar-refractivity contribution in [3.8, 4) is 11.5 Å². The fourth-order valence-electron chi connectivity index (χ4n) is 3.80. The molecule has 0 aliphatic heterocycles. The van der Waals surface area contributed by atoms with E-state index in [-0.39, 0.29) is 17.3 Å². The smallest absolute Gasteiger partial charge is 0.172 e. The van der Waals surface area contributed by atoms with Gasteiger partial charge in [0.2, 0.25) is 0 Å². The second kappa shape index (κ2) is 10.4. The molecule has 156 valence electrons. The first kappa shape index (κ1) is 21.4. The molecule has 0 aliphatic rings. The van der Waals surface area contributed by atoms with Gasteiger partial charge in [0.25, 0.3) is 0 Å². The van der Waals surface area contributed by atoms with Crippen molar-refractivity contribution in [1.82, 2.24) is 0 Å². The van der Waals surface area contributed by atoms with Crippen LogP contribution < -0.4 is 9.47 Å². The SMILES string of the molecule is CCCCCCCCCCOc1ccc2c(ccc3c(F)c(OC)ccc32)c1F. The Morgan fingerprint density at radius 3 is 1.69 bits per heavy atom. The molecule has 0 bridgehead atoms. The van der Waals surface area contributed by atoms with Gasteiger partial charge in [-0.05, 0) is 41.5 Å². The molecular weight excluding hydrogens is 370 g/mol. The third kappa shape index (κ3) is 4.98. The molecule has 3 rings (SSSR count). The van der Waals surface area contributed by atoms with Crippen LogP contribution >= 0.6 is 0 Å². The summed E-state index contributed by atoms with van der Waals surface area (Å²) in [5, 5.41) is 2.19. The molecule has 2 nitrogen and oxygen atoms in total. The lowest BCUT2D eigenvalue weighted by atomic mass is 10.0. The van der Waals surface area contributed by atoms with Gasteiger partial charge < -0.3 is 9.47 Å². The highest BCUT2D eigenvalue weighted by Crippen LogP contribution is 2.35. The average molecular weight is 401 g/mol. The minimum absolute atomic E-state index is 0.183. The number of hydrogen-bond acceptors (Lipinski definition) is 2. The number of methoxy groups -OCH3 is 1. The Bertz CT molecular complexity index is 953. The highest BCUT2D eigenvalue weighted by atomic mass is 19.1. The van der Waals surface area contributed by atoms with E-state index in [2.05, 4.69) is 6.92 Å². The number of rotatable bonds is 11. The third-order valence-electron chi connectivity index (χ3n) is 5.47. The predicted molar refractivity (Wildman–Crippen MR) is 116 cm³/mol. The number of ether oxygens (including phenoxy) is 2. The fourth-order valence-corrected chi connectivity index (χ4v) is 3.80. The largest absolute Gasteiger partial charge is 0.494 e.